The fourth-order valence-electron chi connectivity index (χ4n) is 0.979. The van der Waals surface area contributed by atoms with Gasteiger partial charge in [-0.05, 0) is 6.26 Å². The van der Waals surface area contributed by atoms with Gasteiger partial charge in [-0.3, -0.25) is 10.3 Å². The Kier molecular flexibility index (Phi) is 5.15. The summed E-state index contributed by atoms with van der Waals surface area (Å²) in [4.78, 5) is 8.52. The molecule has 1 N–H and O–H groups in total. The molecule has 80 valence electrons. The number of nitriles is 1. The Balaban J connectivity index is 2.52. The van der Waals surface area contributed by atoms with Gasteiger partial charge in [0.1, 0.15) is 0 Å². The van der Waals surface area contributed by atoms with Crippen LogP contribution in [0.5, 0.6) is 0 Å². The molecular formula is C9H12N4S2. The summed E-state index contributed by atoms with van der Waals surface area (Å²) in [5.74, 6) is 0.299. The fourth-order valence-corrected chi connectivity index (χ4v) is 2.02. The van der Waals surface area contributed by atoms with E-state index in [0.29, 0.717) is 17.6 Å². The lowest BCUT2D eigenvalue weighted by atomic mass is 10.2. The van der Waals surface area contributed by atoms with E-state index in [-0.39, 0.29) is 0 Å². The number of aliphatic imine (C=N–C) groups is 1. The molecule has 1 aromatic rings. The highest BCUT2D eigenvalue weighted by molar-refractivity contribution is 8.13. The van der Waals surface area contributed by atoms with Crippen molar-refractivity contribution in [2.24, 2.45) is 4.99 Å². The summed E-state index contributed by atoms with van der Waals surface area (Å²) in [7, 11) is 0. The zero-order valence-electron chi connectivity index (χ0n) is 8.60. The molecule has 0 aliphatic rings. The molecule has 1 aromatic heterocycles. The lowest BCUT2D eigenvalue weighted by molar-refractivity contribution is 0.766. The summed E-state index contributed by atoms with van der Waals surface area (Å²) in [6, 6.07) is 0. The molecule has 15 heavy (non-hydrogen) atoms. The van der Waals surface area contributed by atoms with Gasteiger partial charge < -0.3 is 0 Å². The van der Waals surface area contributed by atoms with Crippen LogP contribution in [-0.4, -0.2) is 23.0 Å². The third kappa shape index (κ3) is 3.90. The maximum atomic E-state index is 8.45. The van der Waals surface area contributed by atoms with Crippen LogP contribution < -0.4 is 5.32 Å². The van der Waals surface area contributed by atoms with Crippen molar-refractivity contribution in [3.8, 4) is 6.19 Å². The van der Waals surface area contributed by atoms with Gasteiger partial charge >= 0.3 is 0 Å². The molecule has 0 saturated heterocycles. The van der Waals surface area contributed by atoms with Crippen molar-refractivity contribution in [2.75, 3.05) is 12.8 Å². The van der Waals surface area contributed by atoms with E-state index in [1.54, 1.807) is 17.5 Å². The number of hydrogen-bond donors (Lipinski definition) is 1. The Hall–Kier alpha value is -1.06. The first-order valence-electron chi connectivity index (χ1n) is 4.41. The maximum Gasteiger partial charge on any atom is 0.183 e. The highest BCUT2D eigenvalue weighted by Gasteiger charge is 2.07. The molecule has 0 aromatic carbocycles. The highest BCUT2D eigenvalue weighted by Crippen LogP contribution is 2.17. The van der Waals surface area contributed by atoms with Crippen molar-refractivity contribution in [2.45, 2.75) is 12.8 Å². The summed E-state index contributed by atoms with van der Waals surface area (Å²) in [5, 5.41) is 14.7. The van der Waals surface area contributed by atoms with Gasteiger partial charge in [-0.25, -0.2) is 4.98 Å². The number of thiazole rings is 1. The molecule has 0 fully saturated rings. The van der Waals surface area contributed by atoms with Crippen LogP contribution in [-0.2, 0) is 0 Å². The van der Waals surface area contributed by atoms with Crippen LogP contribution in [0.3, 0.4) is 0 Å². The second-order valence-electron chi connectivity index (χ2n) is 2.86. The first kappa shape index (κ1) is 12.0. The van der Waals surface area contributed by atoms with Crippen LogP contribution >= 0.6 is 23.1 Å². The van der Waals surface area contributed by atoms with Crippen molar-refractivity contribution in [3.05, 3.63) is 16.6 Å². The minimum Gasteiger partial charge on any atom is -0.272 e. The third-order valence-electron chi connectivity index (χ3n) is 1.74. The molecule has 1 rings (SSSR count). The molecule has 1 unspecified atom stereocenters. The number of amidine groups is 1. The van der Waals surface area contributed by atoms with E-state index < -0.39 is 0 Å². The molecule has 0 radical (unpaired) electrons. The largest absolute Gasteiger partial charge is 0.272 e. The minimum atomic E-state index is 0.299. The molecule has 0 amide bonds. The minimum absolute atomic E-state index is 0.299. The number of rotatable bonds is 3. The Morgan fingerprint density at radius 2 is 2.67 bits per heavy atom. The Labute approximate surface area is 97.4 Å². The summed E-state index contributed by atoms with van der Waals surface area (Å²) >= 11 is 3.06. The second-order valence-corrected chi connectivity index (χ2v) is 4.58. The number of hydrogen-bond acceptors (Lipinski definition) is 5. The maximum absolute atomic E-state index is 8.45. The predicted octanol–water partition coefficient (Wildman–Crippen LogP) is 2.04. The van der Waals surface area contributed by atoms with E-state index in [1.807, 2.05) is 17.8 Å². The summed E-state index contributed by atoms with van der Waals surface area (Å²) in [5.41, 5.74) is 0. The number of nitrogens with one attached hydrogen (secondary N) is 1. The highest BCUT2D eigenvalue weighted by atomic mass is 32.2. The molecule has 0 spiro atoms. The van der Waals surface area contributed by atoms with E-state index in [1.165, 1.54) is 11.8 Å². The number of thioether (sulfide) groups is 1. The average molecular weight is 240 g/mol. The zero-order chi connectivity index (χ0) is 11.1. The molecule has 0 aliphatic heterocycles. The fraction of sp³-hybridized carbons (Fsp3) is 0.444. The van der Waals surface area contributed by atoms with Crippen LogP contribution in [0, 0.1) is 11.5 Å². The molecule has 1 atom stereocenters. The van der Waals surface area contributed by atoms with Crippen LogP contribution in [0.1, 0.15) is 17.8 Å². The first-order chi connectivity index (χ1) is 7.27. The van der Waals surface area contributed by atoms with Crippen LogP contribution in [0.15, 0.2) is 16.6 Å². The van der Waals surface area contributed by atoms with Gasteiger partial charge in [0.15, 0.2) is 11.4 Å². The zero-order valence-corrected chi connectivity index (χ0v) is 10.2. The molecule has 1 heterocycles. The summed E-state index contributed by atoms with van der Waals surface area (Å²) in [6.45, 7) is 2.73. The summed E-state index contributed by atoms with van der Waals surface area (Å²) in [6.07, 6.45) is 5.54. The van der Waals surface area contributed by atoms with Crippen molar-refractivity contribution < 1.29 is 0 Å². The lowest BCUT2D eigenvalue weighted by Gasteiger charge is -2.05. The Morgan fingerprint density at radius 3 is 3.20 bits per heavy atom. The normalized spacial score (nSPS) is 13.3. The van der Waals surface area contributed by atoms with Gasteiger partial charge in [0.25, 0.3) is 0 Å². The predicted molar refractivity (Wildman–Crippen MR) is 65.1 cm³/mol. The van der Waals surface area contributed by atoms with Crippen molar-refractivity contribution in [1.82, 2.24) is 10.3 Å². The van der Waals surface area contributed by atoms with E-state index in [4.69, 9.17) is 5.26 Å². The molecule has 6 heteroatoms. The monoisotopic (exact) mass is 240 g/mol. The second kappa shape index (κ2) is 6.43. The smallest absolute Gasteiger partial charge is 0.183 e. The van der Waals surface area contributed by atoms with Gasteiger partial charge in [0, 0.05) is 17.5 Å². The van der Waals surface area contributed by atoms with E-state index >= 15 is 0 Å². The van der Waals surface area contributed by atoms with Gasteiger partial charge in [-0.1, -0.05) is 18.7 Å². The van der Waals surface area contributed by atoms with Crippen molar-refractivity contribution in [3.63, 3.8) is 0 Å². The lowest BCUT2D eigenvalue weighted by Crippen LogP contribution is -2.14. The standard InChI is InChI=1S/C9H12N4S2/c1-7(8-11-3-4-15-8)5-12-9(14-2)13-6-10/h3-4,7H,5H2,1-2H3,(H,12,13). The number of aromatic nitrogens is 1. The van der Waals surface area contributed by atoms with Gasteiger partial charge in [-0.15, -0.1) is 11.3 Å². The first-order valence-corrected chi connectivity index (χ1v) is 6.51. The number of nitrogens with zero attached hydrogens (tertiary/aromatic N) is 3. The molecule has 0 saturated carbocycles. The van der Waals surface area contributed by atoms with E-state index in [0.717, 1.165) is 5.01 Å². The van der Waals surface area contributed by atoms with Crippen molar-refractivity contribution >= 4 is 28.3 Å². The summed E-state index contributed by atoms with van der Waals surface area (Å²) < 4.78 is 0. The SMILES string of the molecule is CSC(=NCC(C)c1nccs1)NC#N. The molecule has 4 nitrogen and oxygen atoms in total. The topological polar surface area (TPSA) is 61.1 Å². The van der Waals surface area contributed by atoms with E-state index in [2.05, 4.69) is 22.2 Å². The quantitative estimate of drug-likeness (QED) is 0.380. The van der Waals surface area contributed by atoms with Crippen LogP contribution in [0.2, 0.25) is 0 Å². The van der Waals surface area contributed by atoms with Gasteiger partial charge in [-0.2, -0.15) is 5.26 Å². The third-order valence-corrected chi connectivity index (χ3v) is 3.36. The van der Waals surface area contributed by atoms with Gasteiger partial charge in [0.2, 0.25) is 0 Å². The van der Waals surface area contributed by atoms with Crippen LogP contribution in [0.4, 0.5) is 0 Å². The molecule has 0 bridgehead atoms. The van der Waals surface area contributed by atoms with Crippen molar-refractivity contribution in [1.29, 1.82) is 5.26 Å². The van der Waals surface area contributed by atoms with Crippen LogP contribution in [0.25, 0.3) is 0 Å². The molecular weight excluding hydrogens is 228 g/mol. The van der Waals surface area contributed by atoms with Gasteiger partial charge in [0.05, 0.1) is 11.6 Å². The average Bonchev–Trinajstić information content (AvgIpc) is 2.77. The van der Waals surface area contributed by atoms with E-state index in [9.17, 15) is 0 Å². The Morgan fingerprint density at radius 1 is 1.87 bits per heavy atom. The Bertz CT molecular complexity index is 353. The molecule has 0 aliphatic carbocycles.